The third kappa shape index (κ3) is 11.1. The molecule has 0 fully saturated rings. The maximum absolute atomic E-state index is 5.61. The number of imidazole rings is 2. The first-order chi connectivity index (χ1) is 21.4. The zero-order chi connectivity index (χ0) is 31.1. The van der Waals surface area contributed by atoms with Crippen LogP contribution < -0.4 is 22.5 Å². The van der Waals surface area contributed by atoms with Gasteiger partial charge < -0.3 is 32.5 Å². The minimum Gasteiger partial charge on any atom is -0.396 e. The summed E-state index contributed by atoms with van der Waals surface area (Å²) in [5, 5.41) is 4.11. The van der Waals surface area contributed by atoms with Gasteiger partial charge >= 0.3 is 0 Å². The summed E-state index contributed by atoms with van der Waals surface area (Å²) >= 11 is 11.1. The number of nitrogens with zero attached hydrogens (tertiary/aromatic N) is 5. The molecule has 13 heteroatoms. The predicted molar refractivity (Wildman–Crippen MR) is 186 cm³/mol. The first-order valence-corrected chi connectivity index (χ1v) is 14.1. The Bertz CT molecular complexity index is 1860. The average Bonchev–Trinajstić information content (AvgIpc) is 3.73. The van der Waals surface area contributed by atoms with Crippen molar-refractivity contribution in [2.75, 3.05) is 16.8 Å². The van der Waals surface area contributed by atoms with E-state index in [1.165, 1.54) is 11.1 Å². The molecular weight excluding hydrogens is 609 g/mol. The summed E-state index contributed by atoms with van der Waals surface area (Å²) in [5.41, 5.74) is 22.1. The maximum Gasteiger partial charge on any atom is 0.179 e. The van der Waals surface area contributed by atoms with Crippen molar-refractivity contribution < 1.29 is 0 Å². The number of nitrogens with two attached hydrogens (primary N) is 3. The molecule has 9 N–H and O–H groups in total. The van der Waals surface area contributed by atoms with Gasteiger partial charge in [0.25, 0.3) is 0 Å². The van der Waals surface area contributed by atoms with E-state index >= 15 is 0 Å². The standard InChI is InChI=1S/C13H12N4.C7H9N.C6H4ClN3.C5H6ClN3.CH4/c1-2-4-10(5-3-1)8-14-12-7-6-11-13(17-12)16-9-15-11;8-6-7-4-2-1-3-5-7;7-5-2-1-4-6(10-5)9-3-8-4;6-4-2-1-3(7)5(8)9-4;/h1-7,9H,8H2,(H2,14,15,16,17);1-5H,6,8H2;1-3H,(H,8,9,10);1-2H,7H2,(H2,8,9);1H4. The summed E-state index contributed by atoms with van der Waals surface area (Å²) in [6, 6.07) is 30.9. The lowest BCUT2D eigenvalue weighted by Gasteiger charge is -2.04. The summed E-state index contributed by atoms with van der Waals surface area (Å²) in [7, 11) is 0. The largest absolute Gasteiger partial charge is 0.396 e. The van der Waals surface area contributed by atoms with E-state index in [4.69, 9.17) is 40.4 Å². The van der Waals surface area contributed by atoms with Gasteiger partial charge in [0.1, 0.15) is 21.9 Å². The Morgan fingerprint density at radius 3 is 1.71 bits per heavy atom. The highest BCUT2D eigenvalue weighted by molar-refractivity contribution is 6.29. The number of pyridine rings is 3. The molecule has 0 aliphatic heterocycles. The molecule has 0 saturated carbocycles. The van der Waals surface area contributed by atoms with Gasteiger partial charge in [-0.25, -0.2) is 24.9 Å². The second kappa shape index (κ2) is 17.8. The molecule has 7 aromatic rings. The van der Waals surface area contributed by atoms with Crippen LogP contribution in [0.3, 0.4) is 0 Å². The SMILES string of the molecule is C.Clc1ccc2[nH]cnc2n1.NCc1ccccc1.Nc1ccc(Cl)nc1N.c1ccc(CNc2ccc3[nH]cnc3n2)cc1. The Morgan fingerprint density at radius 2 is 1.16 bits per heavy atom. The summed E-state index contributed by atoms with van der Waals surface area (Å²) in [6.45, 7) is 1.41. The molecule has 0 aliphatic rings. The van der Waals surface area contributed by atoms with Crippen molar-refractivity contribution in [1.29, 1.82) is 0 Å². The number of rotatable bonds is 4. The van der Waals surface area contributed by atoms with Crippen molar-refractivity contribution >= 4 is 62.9 Å². The van der Waals surface area contributed by atoms with Crippen LogP contribution in [-0.4, -0.2) is 34.9 Å². The molecule has 0 aliphatic carbocycles. The highest BCUT2D eigenvalue weighted by Gasteiger charge is 2.00. The van der Waals surface area contributed by atoms with E-state index in [1.54, 1.807) is 30.9 Å². The Kier molecular flexibility index (Phi) is 13.5. The third-order valence-corrected chi connectivity index (χ3v) is 6.27. The van der Waals surface area contributed by atoms with Crippen LogP contribution in [0.15, 0.2) is 110 Å². The number of nitrogens with one attached hydrogen (secondary N) is 3. The van der Waals surface area contributed by atoms with Gasteiger partial charge in [-0.15, -0.1) is 0 Å². The lowest BCUT2D eigenvalue weighted by molar-refractivity contribution is 1.07. The van der Waals surface area contributed by atoms with Crippen molar-refractivity contribution in [3.8, 4) is 0 Å². The van der Waals surface area contributed by atoms with Crippen molar-refractivity contribution in [3.05, 3.63) is 131 Å². The molecule has 232 valence electrons. The molecule has 0 unspecified atom stereocenters. The minimum atomic E-state index is 0. The number of halogens is 2. The number of H-pyrrole nitrogens is 2. The second-order valence-electron chi connectivity index (χ2n) is 9.02. The van der Waals surface area contributed by atoms with Crippen molar-refractivity contribution in [2.45, 2.75) is 20.5 Å². The fourth-order valence-corrected chi connectivity index (χ4v) is 3.88. The summed E-state index contributed by atoms with van der Waals surface area (Å²) in [5.74, 6) is 1.12. The maximum atomic E-state index is 5.61. The van der Waals surface area contributed by atoms with Crippen LogP contribution in [0.5, 0.6) is 0 Å². The van der Waals surface area contributed by atoms with E-state index in [1.807, 2.05) is 66.7 Å². The number of anilines is 3. The van der Waals surface area contributed by atoms with Gasteiger partial charge in [0.05, 0.1) is 29.4 Å². The Labute approximate surface area is 271 Å². The Morgan fingerprint density at radius 1 is 0.622 bits per heavy atom. The molecule has 11 nitrogen and oxygen atoms in total. The molecule has 0 atom stereocenters. The third-order valence-electron chi connectivity index (χ3n) is 5.85. The summed E-state index contributed by atoms with van der Waals surface area (Å²) in [4.78, 5) is 26.0. The Hall–Kier alpha value is -5.23. The van der Waals surface area contributed by atoms with E-state index < -0.39 is 0 Å². The van der Waals surface area contributed by atoms with Crippen LogP contribution in [0.2, 0.25) is 10.3 Å². The number of benzene rings is 2. The molecule has 0 radical (unpaired) electrons. The fraction of sp³-hybridized carbons (Fsp3) is 0.0938. The van der Waals surface area contributed by atoms with Crippen LogP contribution >= 0.6 is 23.2 Å². The molecule has 0 saturated heterocycles. The van der Waals surface area contributed by atoms with Crippen molar-refractivity contribution in [1.82, 2.24) is 34.9 Å². The van der Waals surface area contributed by atoms with Crippen LogP contribution in [0.25, 0.3) is 22.3 Å². The normalized spacial score (nSPS) is 9.84. The first kappa shape index (κ1) is 34.3. The average molecular weight is 645 g/mol. The van der Waals surface area contributed by atoms with Gasteiger partial charge in [0.2, 0.25) is 0 Å². The number of aromatic nitrogens is 7. The van der Waals surface area contributed by atoms with Gasteiger partial charge in [-0.1, -0.05) is 91.3 Å². The van der Waals surface area contributed by atoms with Crippen LogP contribution in [0.1, 0.15) is 18.6 Å². The Balaban J connectivity index is 0.000000171. The van der Waals surface area contributed by atoms with Crippen LogP contribution in [0, 0.1) is 0 Å². The minimum absolute atomic E-state index is 0. The molecule has 2 aromatic carbocycles. The highest BCUT2D eigenvalue weighted by atomic mass is 35.5. The van der Waals surface area contributed by atoms with E-state index in [2.05, 4.69) is 52.3 Å². The first-order valence-electron chi connectivity index (χ1n) is 13.4. The highest BCUT2D eigenvalue weighted by Crippen LogP contribution is 2.14. The second-order valence-corrected chi connectivity index (χ2v) is 9.79. The number of hydrogen-bond acceptors (Lipinski definition) is 9. The van der Waals surface area contributed by atoms with Gasteiger partial charge in [-0.2, -0.15) is 0 Å². The van der Waals surface area contributed by atoms with E-state index in [0.717, 1.165) is 29.0 Å². The molecule has 0 bridgehead atoms. The van der Waals surface area contributed by atoms with Crippen LogP contribution in [-0.2, 0) is 13.1 Å². The summed E-state index contributed by atoms with van der Waals surface area (Å²) in [6.07, 6.45) is 3.24. The fourth-order valence-electron chi connectivity index (χ4n) is 3.58. The lowest BCUT2D eigenvalue weighted by Crippen LogP contribution is -2.00. The van der Waals surface area contributed by atoms with Gasteiger partial charge in [-0.3, -0.25) is 0 Å². The van der Waals surface area contributed by atoms with E-state index in [9.17, 15) is 0 Å². The predicted octanol–water partition coefficient (Wildman–Crippen LogP) is 6.86. The molecule has 5 aromatic heterocycles. The molecule has 7 rings (SSSR count). The van der Waals surface area contributed by atoms with E-state index in [0.29, 0.717) is 28.2 Å². The molecule has 0 spiro atoms. The number of aromatic amines is 2. The smallest absolute Gasteiger partial charge is 0.179 e. The number of nitrogen functional groups attached to an aromatic ring is 2. The quantitative estimate of drug-likeness (QED) is 0.111. The van der Waals surface area contributed by atoms with Gasteiger partial charge in [-0.05, 0) is 47.5 Å². The number of hydrogen-bond donors (Lipinski definition) is 6. The van der Waals surface area contributed by atoms with E-state index in [-0.39, 0.29) is 13.2 Å². The zero-order valence-electron chi connectivity index (χ0n) is 23.5. The number of fused-ring (bicyclic) bond motifs is 2. The van der Waals surface area contributed by atoms with Gasteiger partial charge in [0, 0.05) is 13.1 Å². The molecule has 45 heavy (non-hydrogen) atoms. The molecule has 5 heterocycles. The molecule has 0 amide bonds. The van der Waals surface area contributed by atoms with Gasteiger partial charge in [0.15, 0.2) is 11.3 Å². The zero-order valence-corrected chi connectivity index (χ0v) is 25.0. The van der Waals surface area contributed by atoms with Crippen LogP contribution in [0.4, 0.5) is 17.3 Å². The topological polar surface area (TPSA) is 186 Å². The monoisotopic (exact) mass is 643 g/mol. The molecular formula is C32H35Cl2N11. The van der Waals surface area contributed by atoms with Crippen molar-refractivity contribution in [2.24, 2.45) is 5.73 Å². The summed E-state index contributed by atoms with van der Waals surface area (Å²) < 4.78 is 0. The van der Waals surface area contributed by atoms with Crippen molar-refractivity contribution in [3.63, 3.8) is 0 Å². The lowest BCUT2D eigenvalue weighted by atomic mass is 10.2.